The van der Waals surface area contributed by atoms with Crippen molar-refractivity contribution in [2.24, 2.45) is 5.92 Å². The van der Waals surface area contributed by atoms with E-state index in [9.17, 15) is 9.59 Å². The summed E-state index contributed by atoms with van der Waals surface area (Å²) in [6, 6.07) is 11.8. The number of benzene rings is 1. The predicted octanol–water partition coefficient (Wildman–Crippen LogP) is 2.87. The van der Waals surface area contributed by atoms with E-state index in [1.807, 2.05) is 53.1 Å². The van der Waals surface area contributed by atoms with Crippen LogP contribution in [0.15, 0.2) is 48.8 Å². The van der Waals surface area contributed by atoms with Gasteiger partial charge in [0.2, 0.25) is 5.91 Å². The first-order valence-electron chi connectivity index (χ1n) is 9.66. The first-order valence-corrected chi connectivity index (χ1v) is 9.66. The van der Waals surface area contributed by atoms with Crippen molar-refractivity contribution in [1.82, 2.24) is 14.8 Å². The molecule has 0 radical (unpaired) electrons. The van der Waals surface area contributed by atoms with Crippen molar-refractivity contribution in [3.05, 3.63) is 65.5 Å². The fourth-order valence-corrected chi connectivity index (χ4v) is 3.97. The number of piperidine rings is 1. The third-order valence-electron chi connectivity index (χ3n) is 5.80. The van der Waals surface area contributed by atoms with E-state index in [0.717, 1.165) is 37.1 Å². The van der Waals surface area contributed by atoms with Crippen molar-refractivity contribution in [3.63, 3.8) is 0 Å². The zero-order chi connectivity index (χ0) is 18.8. The Morgan fingerprint density at radius 2 is 1.56 bits per heavy atom. The summed E-state index contributed by atoms with van der Waals surface area (Å²) in [5, 5.41) is 0. The van der Waals surface area contributed by atoms with Gasteiger partial charge in [-0.15, -0.1) is 0 Å². The fraction of sp³-hybridized carbons (Fsp3) is 0.409. The quantitative estimate of drug-likeness (QED) is 0.843. The molecule has 2 amide bonds. The first-order chi connectivity index (χ1) is 13.1. The Labute approximate surface area is 160 Å². The minimum absolute atomic E-state index is 0.0467. The number of likely N-dealkylation sites (tertiary alicyclic amines) is 2. The minimum atomic E-state index is 0.0467. The molecule has 1 aromatic heterocycles. The molecular weight excluding hydrogens is 338 g/mol. The number of amides is 2. The van der Waals surface area contributed by atoms with Gasteiger partial charge in [0.1, 0.15) is 0 Å². The Hall–Kier alpha value is -2.69. The van der Waals surface area contributed by atoms with Gasteiger partial charge in [0.05, 0.1) is 0 Å². The van der Waals surface area contributed by atoms with Gasteiger partial charge in [-0.1, -0.05) is 17.7 Å². The highest BCUT2D eigenvalue weighted by Crippen LogP contribution is 2.30. The molecule has 0 N–H and O–H groups in total. The number of hydrogen-bond donors (Lipinski definition) is 0. The molecule has 1 aromatic carbocycles. The highest BCUT2D eigenvalue weighted by atomic mass is 16.2. The van der Waals surface area contributed by atoms with Crippen molar-refractivity contribution < 1.29 is 9.59 Å². The number of carbonyl (C=O) groups excluding carboxylic acids is 2. The predicted molar refractivity (Wildman–Crippen MR) is 103 cm³/mol. The average molecular weight is 363 g/mol. The average Bonchev–Trinajstić information content (AvgIpc) is 2.68. The van der Waals surface area contributed by atoms with Crippen LogP contribution in [0.1, 0.15) is 40.2 Å². The van der Waals surface area contributed by atoms with Gasteiger partial charge in [0.25, 0.3) is 5.91 Å². The topological polar surface area (TPSA) is 53.5 Å². The Morgan fingerprint density at radius 1 is 0.926 bits per heavy atom. The van der Waals surface area contributed by atoms with Crippen molar-refractivity contribution in [1.29, 1.82) is 0 Å². The van der Waals surface area contributed by atoms with Crippen LogP contribution in [0, 0.1) is 12.8 Å². The molecule has 140 valence electrons. The lowest BCUT2D eigenvalue weighted by Crippen LogP contribution is -2.52. The SMILES string of the molecule is Cc1ccc(C(=O)N2CCC(C(=O)N3CC(c4ccncc4)C3)CC2)cc1. The van der Waals surface area contributed by atoms with Gasteiger partial charge >= 0.3 is 0 Å². The molecule has 0 spiro atoms. The lowest BCUT2D eigenvalue weighted by molar-refractivity contribution is -0.141. The van der Waals surface area contributed by atoms with Crippen molar-refractivity contribution in [2.45, 2.75) is 25.7 Å². The molecule has 0 unspecified atom stereocenters. The van der Waals surface area contributed by atoms with Gasteiger partial charge in [-0.2, -0.15) is 0 Å². The molecule has 0 bridgehead atoms. The smallest absolute Gasteiger partial charge is 0.253 e. The fourth-order valence-electron chi connectivity index (χ4n) is 3.97. The van der Waals surface area contributed by atoms with Crippen LogP contribution in [-0.4, -0.2) is 52.8 Å². The van der Waals surface area contributed by atoms with Gasteiger partial charge in [-0.05, 0) is 49.6 Å². The second-order valence-corrected chi connectivity index (χ2v) is 7.65. The summed E-state index contributed by atoms with van der Waals surface area (Å²) in [5.74, 6) is 0.802. The summed E-state index contributed by atoms with van der Waals surface area (Å²) in [4.78, 5) is 33.3. The molecule has 2 aromatic rings. The number of aryl methyl sites for hydroxylation is 1. The summed E-state index contributed by atoms with van der Waals surface area (Å²) in [5.41, 5.74) is 3.14. The molecule has 2 fully saturated rings. The van der Waals surface area contributed by atoms with Crippen LogP contribution in [-0.2, 0) is 4.79 Å². The summed E-state index contributed by atoms with van der Waals surface area (Å²) in [6.45, 7) is 4.92. The third-order valence-corrected chi connectivity index (χ3v) is 5.80. The summed E-state index contributed by atoms with van der Waals surface area (Å²) >= 11 is 0. The minimum Gasteiger partial charge on any atom is -0.341 e. The van der Waals surface area contributed by atoms with Gasteiger partial charge in [0.15, 0.2) is 0 Å². The number of aromatic nitrogens is 1. The van der Waals surface area contributed by atoms with E-state index in [1.165, 1.54) is 5.56 Å². The summed E-state index contributed by atoms with van der Waals surface area (Å²) < 4.78 is 0. The Morgan fingerprint density at radius 3 is 2.19 bits per heavy atom. The normalized spacial score (nSPS) is 18.3. The lowest BCUT2D eigenvalue weighted by atomic mass is 9.88. The van der Waals surface area contributed by atoms with Gasteiger partial charge in [-0.25, -0.2) is 0 Å². The summed E-state index contributed by atoms with van der Waals surface area (Å²) in [6.07, 6.45) is 5.13. The number of rotatable bonds is 3. The molecule has 0 aliphatic carbocycles. The summed E-state index contributed by atoms with van der Waals surface area (Å²) in [7, 11) is 0. The number of hydrogen-bond acceptors (Lipinski definition) is 3. The van der Waals surface area contributed by atoms with Crippen LogP contribution in [0.25, 0.3) is 0 Å². The van der Waals surface area contributed by atoms with E-state index in [0.29, 0.717) is 19.0 Å². The van der Waals surface area contributed by atoms with E-state index >= 15 is 0 Å². The largest absolute Gasteiger partial charge is 0.341 e. The lowest BCUT2D eigenvalue weighted by Gasteiger charge is -2.42. The van der Waals surface area contributed by atoms with Gasteiger partial charge < -0.3 is 9.80 Å². The number of carbonyl (C=O) groups is 2. The Kier molecular flexibility index (Phi) is 4.92. The maximum absolute atomic E-state index is 12.8. The number of pyridine rings is 1. The molecule has 0 atom stereocenters. The standard InChI is InChI=1S/C22H25N3O2/c1-16-2-4-18(5-3-16)21(26)24-12-8-19(9-13-24)22(27)25-14-20(15-25)17-6-10-23-11-7-17/h2-7,10-11,19-20H,8-9,12-15H2,1H3. The van der Waals surface area contributed by atoms with Crippen LogP contribution in [0.2, 0.25) is 0 Å². The molecule has 2 aliphatic heterocycles. The highest BCUT2D eigenvalue weighted by Gasteiger charge is 2.37. The molecule has 27 heavy (non-hydrogen) atoms. The monoisotopic (exact) mass is 363 g/mol. The number of nitrogens with zero attached hydrogens (tertiary/aromatic N) is 3. The van der Waals surface area contributed by atoms with Crippen LogP contribution >= 0.6 is 0 Å². The van der Waals surface area contributed by atoms with Crippen LogP contribution < -0.4 is 0 Å². The molecule has 4 rings (SSSR count). The van der Waals surface area contributed by atoms with E-state index in [-0.39, 0.29) is 17.7 Å². The third kappa shape index (κ3) is 3.72. The maximum Gasteiger partial charge on any atom is 0.253 e. The zero-order valence-corrected chi connectivity index (χ0v) is 15.7. The van der Waals surface area contributed by atoms with Crippen molar-refractivity contribution >= 4 is 11.8 Å². The Balaban J connectivity index is 1.27. The second-order valence-electron chi connectivity index (χ2n) is 7.65. The molecule has 2 aliphatic rings. The molecule has 0 saturated carbocycles. The molecular formula is C22H25N3O2. The maximum atomic E-state index is 12.8. The van der Waals surface area contributed by atoms with E-state index in [4.69, 9.17) is 0 Å². The molecule has 2 saturated heterocycles. The Bertz CT molecular complexity index is 805. The molecule has 3 heterocycles. The highest BCUT2D eigenvalue weighted by molar-refractivity contribution is 5.94. The van der Waals surface area contributed by atoms with Crippen LogP contribution in [0.5, 0.6) is 0 Å². The van der Waals surface area contributed by atoms with Gasteiger partial charge in [0, 0.05) is 56.0 Å². The van der Waals surface area contributed by atoms with Crippen LogP contribution in [0.4, 0.5) is 0 Å². The van der Waals surface area contributed by atoms with E-state index in [2.05, 4.69) is 4.98 Å². The van der Waals surface area contributed by atoms with Gasteiger partial charge in [-0.3, -0.25) is 14.6 Å². The zero-order valence-electron chi connectivity index (χ0n) is 15.7. The molecule has 5 nitrogen and oxygen atoms in total. The van der Waals surface area contributed by atoms with Crippen LogP contribution in [0.3, 0.4) is 0 Å². The van der Waals surface area contributed by atoms with E-state index in [1.54, 1.807) is 12.4 Å². The molecule has 5 heteroatoms. The van der Waals surface area contributed by atoms with Crippen molar-refractivity contribution in [2.75, 3.05) is 26.2 Å². The first kappa shape index (κ1) is 17.7. The van der Waals surface area contributed by atoms with Crippen molar-refractivity contribution in [3.8, 4) is 0 Å². The van der Waals surface area contributed by atoms with E-state index < -0.39 is 0 Å². The second kappa shape index (κ2) is 7.51.